The summed E-state index contributed by atoms with van der Waals surface area (Å²) in [5.41, 5.74) is 4.63. The van der Waals surface area contributed by atoms with Crippen molar-refractivity contribution in [3.8, 4) is 6.07 Å². The lowest BCUT2D eigenvalue weighted by Crippen LogP contribution is -2.16. The molecule has 0 radical (unpaired) electrons. The number of nitrogens with zero attached hydrogens (tertiary/aromatic N) is 5. The third kappa shape index (κ3) is 3.46. The SMILES string of the molecule is Cc1sc(N(Cc2ccc3nccnc3c2)c2ccc(C#N)cc2)nc1C=O. The predicted molar refractivity (Wildman–Crippen MR) is 109 cm³/mol. The van der Waals surface area contributed by atoms with Gasteiger partial charge in [-0.3, -0.25) is 14.8 Å². The molecule has 2 heterocycles. The number of aryl methyl sites for hydroxylation is 1. The smallest absolute Gasteiger partial charge is 0.191 e. The second kappa shape index (κ2) is 7.55. The molecule has 0 amide bonds. The maximum absolute atomic E-state index is 11.3. The lowest BCUT2D eigenvalue weighted by atomic mass is 10.1. The highest BCUT2D eigenvalue weighted by Crippen LogP contribution is 2.33. The van der Waals surface area contributed by atoms with Crippen molar-refractivity contribution in [2.45, 2.75) is 13.5 Å². The first-order valence-corrected chi connectivity index (χ1v) is 9.39. The van der Waals surface area contributed by atoms with Crippen LogP contribution in [-0.4, -0.2) is 21.2 Å². The summed E-state index contributed by atoms with van der Waals surface area (Å²) in [7, 11) is 0. The number of fused-ring (bicyclic) bond motifs is 1. The number of benzene rings is 2. The summed E-state index contributed by atoms with van der Waals surface area (Å²) in [5, 5.41) is 9.79. The van der Waals surface area contributed by atoms with E-state index in [0.29, 0.717) is 17.8 Å². The van der Waals surface area contributed by atoms with E-state index in [9.17, 15) is 4.79 Å². The second-order valence-corrected chi connectivity index (χ2v) is 7.36. The molecular formula is C21H15N5OS. The summed E-state index contributed by atoms with van der Waals surface area (Å²) in [6.45, 7) is 2.43. The number of aldehydes is 1. The highest BCUT2D eigenvalue weighted by atomic mass is 32.1. The fraction of sp³-hybridized carbons (Fsp3) is 0.0952. The first-order valence-electron chi connectivity index (χ1n) is 8.58. The Balaban J connectivity index is 1.76. The molecule has 4 aromatic rings. The average molecular weight is 385 g/mol. The topological polar surface area (TPSA) is 82.8 Å². The van der Waals surface area contributed by atoms with Gasteiger partial charge in [0.25, 0.3) is 0 Å². The van der Waals surface area contributed by atoms with Crippen LogP contribution in [0.15, 0.2) is 54.9 Å². The Labute approximate surface area is 165 Å². The van der Waals surface area contributed by atoms with Crippen molar-refractivity contribution in [1.82, 2.24) is 15.0 Å². The Hall–Kier alpha value is -3.63. The summed E-state index contributed by atoms with van der Waals surface area (Å²) < 4.78 is 0. The average Bonchev–Trinajstić information content (AvgIpc) is 3.12. The van der Waals surface area contributed by atoms with Crippen LogP contribution in [0, 0.1) is 18.3 Å². The van der Waals surface area contributed by atoms with Crippen LogP contribution in [0.3, 0.4) is 0 Å². The van der Waals surface area contributed by atoms with Gasteiger partial charge >= 0.3 is 0 Å². The Kier molecular flexibility index (Phi) is 4.79. The summed E-state index contributed by atoms with van der Waals surface area (Å²) in [6, 6.07) is 15.4. The first kappa shape index (κ1) is 17.8. The van der Waals surface area contributed by atoms with Gasteiger partial charge in [-0.2, -0.15) is 5.26 Å². The molecule has 2 aromatic carbocycles. The van der Waals surface area contributed by atoms with Crippen LogP contribution in [0.2, 0.25) is 0 Å². The molecule has 0 atom stereocenters. The van der Waals surface area contributed by atoms with Crippen molar-refractivity contribution in [1.29, 1.82) is 5.26 Å². The fourth-order valence-electron chi connectivity index (χ4n) is 2.89. The molecular weight excluding hydrogens is 370 g/mol. The molecule has 0 N–H and O–H groups in total. The standard InChI is InChI=1S/C21H15N5OS/c1-14-20(13-27)25-21(28-14)26(17-5-2-15(11-22)3-6-17)12-16-4-7-18-19(10-16)24-9-8-23-18/h2-10,13H,12H2,1H3. The lowest BCUT2D eigenvalue weighted by Gasteiger charge is -2.22. The minimum absolute atomic E-state index is 0.447. The van der Waals surface area contributed by atoms with E-state index in [4.69, 9.17) is 5.26 Å². The number of rotatable bonds is 5. The molecule has 0 aliphatic rings. The highest BCUT2D eigenvalue weighted by molar-refractivity contribution is 7.15. The number of carbonyl (C=O) groups is 1. The Bertz CT molecular complexity index is 1190. The molecule has 0 fully saturated rings. The molecule has 0 saturated carbocycles. The van der Waals surface area contributed by atoms with E-state index in [0.717, 1.165) is 38.6 Å². The zero-order valence-electron chi connectivity index (χ0n) is 15.0. The normalized spacial score (nSPS) is 10.6. The van der Waals surface area contributed by atoms with Crippen LogP contribution < -0.4 is 4.90 Å². The van der Waals surface area contributed by atoms with Gasteiger partial charge < -0.3 is 4.90 Å². The molecule has 0 aliphatic carbocycles. The number of hydrogen-bond donors (Lipinski definition) is 0. The number of nitriles is 1. The van der Waals surface area contributed by atoms with Gasteiger partial charge in [0.05, 0.1) is 29.2 Å². The van der Waals surface area contributed by atoms with E-state index in [1.165, 1.54) is 11.3 Å². The van der Waals surface area contributed by atoms with E-state index in [2.05, 4.69) is 21.0 Å². The van der Waals surface area contributed by atoms with Gasteiger partial charge in [0, 0.05) is 23.0 Å². The van der Waals surface area contributed by atoms with Crippen LogP contribution in [0.4, 0.5) is 10.8 Å². The molecule has 7 heteroatoms. The summed E-state index contributed by atoms with van der Waals surface area (Å²) >= 11 is 1.47. The number of anilines is 2. The Morgan fingerprint density at radius 3 is 2.54 bits per heavy atom. The van der Waals surface area contributed by atoms with Crippen LogP contribution in [0.1, 0.15) is 26.5 Å². The molecule has 4 rings (SSSR count). The first-order chi connectivity index (χ1) is 13.7. The highest BCUT2D eigenvalue weighted by Gasteiger charge is 2.17. The predicted octanol–water partition coefficient (Wildman–Crippen LogP) is 4.42. The maximum atomic E-state index is 11.3. The molecule has 0 saturated heterocycles. The number of aromatic nitrogens is 3. The number of hydrogen-bond acceptors (Lipinski definition) is 7. The quantitative estimate of drug-likeness (QED) is 0.473. The molecule has 0 spiro atoms. The maximum Gasteiger partial charge on any atom is 0.191 e. The third-order valence-corrected chi connectivity index (χ3v) is 5.36. The van der Waals surface area contributed by atoms with Crippen LogP contribution in [0.5, 0.6) is 0 Å². The molecule has 0 aliphatic heterocycles. The van der Waals surface area contributed by atoms with E-state index in [1.54, 1.807) is 24.5 Å². The Morgan fingerprint density at radius 1 is 1.11 bits per heavy atom. The second-order valence-electron chi connectivity index (χ2n) is 6.18. The summed E-state index contributed by atoms with van der Waals surface area (Å²) in [6.07, 6.45) is 4.12. The zero-order chi connectivity index (χ0) is 19.5. The molecule has 136 valence electrons. The number of thiazole rings is 1. The monoisotopic (exact) mass is 385 g/mol. The van der Waals surface area contributed by atoms with Crippen molar-refractivity contribution in [3.05, 3.63) is 76.6 Å². The van der Waals surface area contributed by atoms with Gasteiger partial charge in [-0.15, -0.1) is 11.3 Å². The van der Waals surface area contributed by atoms with Crippen LogP contribution in [-0.2, 0) is 6.54 Å². The van der Waals surface area contributed by atoms with Crippen LogP contribution in [0.25, 0.3) is 11.0 Å². The molecule has 6 nitrogen and oxygen atoms in total. The van der Waals surface area contributed by atoms with Gasteiger partial charge in [0.15, 0.2) is 11.4 Å². The Morgan fingerprint density at radius 2 is 1.86 bits per heavy atom. The molecule has 0 unspecified atom stereocenters. The fourth-order valence-corrected chi connectivity index (χ4v) is 3.79. The van der Waals surface area contributed by atoms with E-state index < -0.39 is 0 Å². The molecule has 0 bridgehead atoms. The van der Waals surface area contributed by atoms with Crippen molar-refractivity contribution >= 4 is 39.5 Å². The van der Waals surface area contributed by atoms with Gasteiger partial charge in [0.2, 0.25) is 0 Å². The van der Waals surface area contributed by atoms with Crippen molar-refractivity contribution in [3.63, 3.8) is 0 Å². The van der Waals surface area contributed by atoms with Gasteiger partial charge in [0.1, 0.15) is 5.69 Å². The minimum atomic E-state index is 0.447. The van der Waals surface area contributed by atoms with Crippen molar-refractivity contribution in [2.24, 2.45) is 0 Å². The molecule has 2 aromatic heterocycles. The number of carbonyl (C=O) groups excluding carboxylic acids is 1. The largest absolute Gasteiger partial charge is 0.313 e. The third-order valence-electron chi connectivity index (χ3n) is 4.35. The van der Waals surface area contributed by atoms with Gasteiger partial charge in [-0.1, -0.05) is 6.07 Å². The minimum Gasteiger partial charge on any atom is -0.313 e. The molecule has 28 heavy (non-hydrogen) atoms. The van der Waals surface area contributed by atoms with Crippen molar-refractivity contribution < 1.29 is 4.79 Å². The van der Waals surface area contributed by atoms with Crippen molar-refractivity contribution in [2.75, 3.05) is 4.90 Å². The van der Waals surface area contributed by atoms with E-state index >= 15 is 0 Å². The van der Waals surface area contributed by atoms with E-state index in [-0.39, 0.29) is 0 Å². The zero-order valence-corrected chi connectivity index (χ0v) is 15.8. The lowest BCUT2D eigenvalue weighted by molar-refractivity contribution is 0.111. The van der Waals surface area contributed by atoms with Gasteiger partial charge in [-0.05, 0) is 48.9 Å². The summed E-state index contributed by atoms with van der Waals surface area (Å²) in [4.78, 5) is 27.3. The van der Waals surface area contributed by atoms with E-state index in [1.807, 2.05) is 42.2 Å². The van der Waals surface area contributed by atoms with Gasteiger partial charge in [-0.25, -0.2) is 4.98 Å². The summed E-state index contributed by atoms with van der Waals surface area (Å²) in [5.74, 6) is 0. The van der Waals surface area contributed by atoms with Crippen LogP contribution >= 0.6 is 11.3 Å².